The minimum absolute atomic E-state index is 0.144. The fourth-order valence-electron chi connectivity index (χ4n) is 3.52. The molecule has 0 aliphatic carbocycles. The van der Waals surface area contributed by atoms with Gasteiger partial charge in [-0.25, -0.2) is 0 Å². The molecule has 1 aliphatic heterocycles. The van der Waals surface area contributed by atoms with Crippen LogP contribution in [0.2, 0.25) is 15.1 Å². The van der Waals surface area contributed by atoms with Gasteiger partial charge >= 0.3 is 5.97 Å². The maximum absolute atomic E-state index is 13.5. The van der Waals surface area contributed by atoms with Crippen LogP contribution in [0.25, 0.3) is 6.08 Å². The van der Waals surface area contributed by atoms with Gasteiger partial charge in [0.05, 0.1) is 12.8 Å². The van der Waals surface area contributed by atoms with Gasteiger partial charge in [0.2, 0.25) is 0 Å². The molecule has 1 amide bonds. The Morgan fingerprint density at radius 3 is 2.39 bits per heavy atom. The Balaban J connectivity index is 1.69. The highest BCUT2D eigenvalue weighted by molar-refractivity contribution is 7.80. The van der Waals surface area contributed by atoms with Crippen molar-refractivity contribution in [2.45, 2.75) is 6.61 Å². The predicted octanol–water partition coefficient (Wildman–Crippen LogP) is 6.37. The van der Waals surface area contributed by atoms with Crippen molar-refractivity contribution in [2.75, 3.05) is 18.6 Å². The molecule has 10 heteroatoms. The summed E-state index contributed by atoms with van der Waals surface area (Å²) in [5, 5.41) is 1.67. The lowest BCUT2D eigenvalue weighted by Gasteiger charge is -2.19. The molecule has 0 saturated carbocycles. The molecule has 0 bridgehead atoms. The van der Waals surface area contributed by atoms with Gasteiger partial charge in [0.15, 0.2) is 5.11 Å². The molecule has 3 aromatic carbocycles. The molecule has 1 aliphatic rings. The number of para-hydroxylation sites is 1. The van der Waals surface area contributed by atoms with Gasteiger partial charge in [0.25, 0.3) is 5.91 Å². The number of halogens is 3. The number of thiocarbonyl (C=S) groups is 1. The number of anilines is 1. The van der Waals surface area contributed by atoms with E-state index < -0.39 is 11.9 Å². The van der Waals surface area contributed by atoms with Crippen LogP contribution in [-0.2, 0) is 20.9 Å². The Labute approximate surface area is 228 Å². The van der Waals surface area contributed by atoms with Crippen molar-refractivity contribution >= 4 is 75.8 Å². The zero-order chi connectivity index (χ0) is 25.8. The molecule has 1 saturated heterocycles. The third-order valence-corrected chi connectivity index (χ3v) is 6.59. The van der Waals surface area contributed by atoms with E-state index in [1.165, 1.54) is 16.9 Å². The van der Waals surface area contributed by atoms with Gasteiger partial charge in [0.1, 0.15) is 24.6 Å². The summed E-state index contributed by atoms with van der Waals surface area (Å²) in [5.74, 6) is -0.435. The largest absolute Gasteiger partial charge is 0.488 e. The lowest BCUT2D eigenvalue weighted by Crippen LogP contribution is -2.35. The summed E-state index contributed by atoms with van der Waals surface area (Å²) < 4.78 is 10.8. The van der Waals surface area contributed by atoms with E-state index in [1.807, 2.05) is 12.1 Å². The number of hydrogen-bond donors (Lipinski definition) is 0. The molecule has 0 N–H and O–H groups in total. The predicted molar refractivity (Wildman–Crippen MR) is 145 cm³/mol. The molecule has 0 spiro atoms. The number of methoxy groups -OCH3 is 1. The standard InChI is InChI=1S/C26H19Cl3N2O4S/c1-34-24(32)14-30-22(25(33)31(26(30)36)20-10-8-18(27)9-11-20)12-16-4-2-3-5-23(16)35-15-17-6-7-19(28)13-21(17)29/h2-13H,14-15H2,1H3/b22-12-. The fraction of sp³-hybridized carbons (Fsp3) is 0.115. The maximum Gasteiger partial charge on any atom is 0.325 e. The molecular formula is C26H19Cl3N2O4S. The molecule has 184 valence electrons. The summed E-state index contributed by atoms with van der Waals surface area (Å²) in [7, 11) is 1.27. The number of rotatable bonds is 7. The second kappa shape index (κ2) is 11.3. The highest BCUT2D eigenvalue weighted by Crippen LogP contribution is 2.32. The monoisotopic (exact) mass is 560 g/mol. The number of carbonyl (C=O) groups excluding carboxylic acids is 2. The summed E-state index contributed by atoms with van der Waals surface area (Å²) in [6.45, 7) is -0.0499. The van der Waals surface area contributed by atoms with Crippen molar-refractivity contribution < 1.29 is 19.1 Å². The summed E-state index contributed by atoms with van der Waals surface area (Å²) in [4.78, 5) is 28.4. The first-order valence-electron chi connectivity index (χ1n) is 10.6. The molecule has 1 fully saturated rings. The van der Waals surface area contributed by atoms with E-state index >= 15 is 0 Å². The van der Waals surface area contributed by atoms with Crippen molar-refractivity contribution in [1.29, 1.82) is 0 Å². The lowest BCUT2D eigenvalue weighted by molar-refractivity contribution is -0.140. The van der Waals surface area contributed by atoms with Crippen molar-refractivity contribution in [2.24, 2.45) is 0 Å². The van der Waals surface area contributed by atoms with Crippen LogP contribution in [-0.4, -0.2) is 35.5 Å². The van der Waals surface area contributed by atoms with Crippen LogP contribution in [0.1, 0.15) is 11.1 Å². The van der Waals surface area contributed by atoms with Crippen molar-refractivity contribution in [3.05, 3.63) is 98.6 Å². The van der Waals surface area contributed by atoms with Crippen molar-refractivity contribution in [3.63, 3.8) is 0 Å². The van der Waals surface area contributed by atoms with E-state index in [4.69, 9.17) is 56.5 Å². The van der Waals surface area contributed by atoms with Gasteiger partial charge in [-0.3, -0.25) is 14.5 Å². The Kier molecular flexibility index (Phi) is 8.16. The highest BCUT2D eigenvalue weighted by Gasteiger charge is 2.40. The number of hydrogen-bond acceptors (Lipinski definition) is 5. The van der Waals surface area contributed by atoms with Crippen LogP contribution in [0.3, 0.4) is 0 Å². The van der Waals surface area contributed by atoms with E-state index in [0.29, 0.717) is 32.1 Å². The van der Waals surface area contributed by atoms with Gasteiger partial charge in [0, 0.05) is 26.2 Å². The zero-order valence-corrected chi connectivity index (χ0v) is 22.0. The second-order valence-electron chi connectivity index (χ2n) is 7.65. The zero-order valence-electron chi connectivity index (χ0n) is 18.9. The van der Waals surface area contributed by atoms with E-state index in [1.54, 1.807) is 60.7 Å². The molecule has 1 heterocycles. The van der Waals surface area contributed by atoms with Crippen LogP contribution < -0.4 is 9.64 Å². The molecular weight excluding hydrogens is 543 g/mol. The molecule has 0 unspecified atom stereocenters. The lowest BCUT2D eigenvalue weighted by atomic mass is 10.1. The first-order chi connectivity index (χ1) is 17.3. The third kappa shape index (κ3) is 5.65. The van der Waals surface area contributed by atoms with Crippen LogP contribution >= 0.6 is 47.0 Å². The highest BCUT2D eigenvalue weighted by atomic mass is 35.5. The summed E-state index contributed by atoms with van der Waals surface area (Å²) in [5.41, 5.74) is 2.08. The summed E-state index contributed by atoms with van der Waals surface area (Å²) in [6, 6.07) is 19.0. The fourth-order valence-corrected chi connectivity index (χ4v) is 4.46. The minimum Gasteiger partial charge on any atom is -0.488 e. The van der Waals surface area contributed by atoms with Gasteiger partial charge in [-0.05, 0) is 60.8 Å². The number of esters is 1. The minimum atomic E-state index is -0.545. The van der Waals surface area contributed by atoms with Gasteiger partial charge < -0.3 is 14.4 Å². The second-order valence-corrected chi connectivity index (χ2v) is 9.30. The van der Waals surface area contributed by atoms with E-state index in [9.17, 15) is 9.59 Å². The molecule has 0 radical (unpaired) electrons. The smallest absolute Gasteiger partial charge is 0.325 e. The Morgan fingerprint density at radius 2 is 1.69 bits per heavy atom. The number of benzene rings is 3. The van der Waals surface area contributed by atoms with Crippen LogP contribution in [0.15, 0.2) is 72.4 Å². The van der Waals surface area contributed by atoms with Crippen molar-refractivity contribution in [1.82, 2.24) is 4.90 Å². The van der Waals surface area contributed by atoms with Gasteiger partial charge in [-0.2, -0.15) is 0 Å². The van der Waals surface area contributed by atoms with E-state index in [-0.39, 0.29) is 24.0 Å². The number of amides is 1. The Bertz CT molecular complexity index is 1360. The van der Waals surface area contributed by atoms with Crippen LogP contribution in [0.4, 0.5) is 5.69 Å². The topological polar surface area (TPSA) is 59.1 Å². The summed E-state index contributed by atoms with van der Waals surface area (Å²) >= 11 is 23.8. The molecule has 4 rings (SSSR count). The SMILES string of the molecule is COC(=O)CN1C(=S)N(c2ccc(Cl)cc2)C(=O)/C1=C/c1ccccc1OCc1ccc(Cl)cc1Cl. The summed E-state index contributed by atoms with van der Waals surface area (Å²) in [6.07, 6.45) is 1.63. The van der Waals surface area contributed by atoms with Crippen molar-refractivity contribution in [3.8, 4) is 5.75 Å². The number of nitrogens with zero attached hydrogens (tertiary/aromatic N) is 2. The quantitative estimate of drug-likeness (QED) is 0.190. The normalized spacial score (nSPS) is 14.5. The first-order valence-corrected chi connectivity index (χ1v) is 12.2. The van der Waals surface area contributed by atoms with E-state index in [2.05, 4.69) is 0 Å². The molecule has 6 nitrogen and oxygen atoms in total. The third-order valence-electron chi connectivity index (χ3n) is 5.34. The Hall–Kier alpha value is -3.10. The van der Waals surface area contributed by atoms with Gasteiger partial charge in [-0.1, -0.05) is 59.1 Å². The van der Waals surface area contributed by atoms with E-state index in [0.717, 1.165) is 5.56 Å². The first kappa shape index (κ1) is 26.0. The average Bonchev–Trinajstić information content (AvgIpc) is 3.08. The average molecular weight is 562 g/mol. The number of ether oxygens (including phenoxy) is 2. The molecule has 3 aromatic rings. The molecule has 36 heavy (non-hydrogen) atoms. The Morgan fingerprint density at radius 1 is 1.00 bits per heavy atom. The molecule has 0 aromatic heterocycles. The number of carbonyl (C=O) groups is 2. The van der Waals surface area contributed by atoms with Crippen LogP contribution in [0, 0.1) is 0 Å². The van der Waals surface area contributed by atoms with Crippen LogP contribution in [0.5, 0.6) is 5.75 Å². The molecule has 0 atom stereocenters. The van der Waals surface area contributed by atoms with Gasteiger partial charge in [-0.15, -0.1) is 0 Å². The maximum atomic E-state index is 13.5.